The third-order valence-corrected chi connectivity index (χ3v) is 2.34. The summed E-state index contributed by atoms with van der Waals surface area (Å²) < 4.78 is 15.3. The molecule has 0 aromatic carbocycles. The zero-order chi connectivity index (χ0) is 11.8. The summed E-state index contributed by atoms with van der Waals surface area (Å²) in [5, 5.41) is 7.17. The van der Waals surface area contributed by atoms with Crippen LogP contribution in [-0.2, 0) is 16.0 Å². The molecule has 1 N–H and O–H groups in total. The Hall–Kier alpha value is -0.910. The van der Waals surface area contributed by atoms with Gasteiger partial charge >= 0.3 is 0 Å². The van der Waals surface area contributed by atoms with Gasteiger partial charge in [0.25, 0.3) is 0 Å². The molecule has 92 valence electrons. The number of nitrogens with zero attached hydrogens (tertiary/aromatic N) is 1. The second-order valence-corrected chi connectivity index (χ2v) is 3.58. The van der Waals surface area contributed by atoms with E-state index in [2.05, 4.69) is 10.5 Å². The first kappa shape index (κ1) is 13.2. The molecule has 0 spiro atoms. The summed E-state index contributed by atoms with van der Waals surface area (Å²) in [5.74, 6) is 0.880. The van der Waals surface area contributed by atoms with E-state index >= 15 is 0 Å². The van der Waals surface area contributed by atoms with Crippen molar-refractivity contribution in [3.05, 3.63) is 17.0 Å². The predicted octanol–water partition coefficient (Wildman–Crippen LogP) is 1.04. The van der Waals surface area contributed by atoms with Crippen LogP contribution in [0.15, 0.2) is 4.52 Å². The van der Waals surface area contributed by atoms with Gasteiger partial charge in [-0.25, -0.2) is 0 Å². The first-order valence-electron chi connectivity index (χ1n) is 5.45. The van der Waals surface area contributed by atoms with Gasteiger partial charge in [-0.3, -0.25) is 0 Å². The molecule has 0 bridgehead atoms. The molecule has 0 fully saturated rings. The molecule has 0 saturated carbocycles. The number of rotatable bonds is 8. The molecular weight excluding hydrogens is 208 g/mol. The number of nitrogens with one attached hydrogen (secondary N) is 1. The molecular formula is C11H20N2O3. The largest absolute Gasteiger partial charge is 0.382 e. The van der Waals surface area contributed by atoms with E-state index in [0.29, 0.717) is 19.8 Å². The van der Waals surface area contributed by atoms with Crippen molar-refractivity contribution in [3.8, 4) is 0 Å². The summed E-state index contributed by atoms with van der Waals surface area (Å²) >= 11 is 0. The van der Waals surface area contributed by atoms with E-state index < -0.39 is 0 Å². The van der Waals surface area contributed by atoms with Crippen LogP contribution in [0.3, 0.4) is 0 Å². The molecule has 0 unspecified atom stereocenters. The van der Waals surface area contributed by atoms with Gasteiger partial charge in [0.2, 0.25) is 0 Å². The van der Waals surface area contributed by atoms with Gasteiger partial charge in [0.15, 0.2) is 0 Å². The van der Waals surface area contributed by atoms with E-state index in [9.17, 15) is 0 Å². The van der Waals surface area contributed by atoms with Crippen LogP contribution in [0.25, 0.3) is 0 Å². The summed E-state index contributed by atoms with van der Waals surface area (Å²) in [5.41, 5.74) is 2.09. The zero-order valence-corrected chi connectivity index (χ0v) is 10.2. The molecule has 0 saturated heterocycles. The normalized spacial score (nSPS) is 10.9. The highest BCUT2D eigenvalue weighted by atomic mass is 16.5. The Bertz CT molecular complexity index is 280. The Kier molecular flexibility index (Phi) is 6.07. The van der Waals surface area contributed by atoms with Crippen LogP contribution in [0, 0.1) is 13.8 Å². The number of hydrogen-bond acceptors (Lipinski definition) is 5. The Morgan fingerprint density at radius 3 is 2.69 bits per heavy atom. The van der Waals surface area contributed by atoms with Crippen LogP contribution in [0.4, 0.5) is 0 Å². The van der Waals surface area contributed by atoms with Crippen molar-refractivity contribution in [1.29, 1.82) is 0 Å². The minimum Gasteiger partial charge on any atom is -0.382 e. The minimum atomic E-state index is 0.642. The fourth-order valence-electron chi connectivity index (χ4n) is 1.36. The first-order chi connectivity index (χ1) is 7.75. The SMILES string of the molecule is COCCOCCNCc1c(C)noc1C. The first-order valence-corrected chi connectivity index (χ1v) is 5.45. The maximum atomic E-state index is 5.33. The monoisotopic (exact) mass is 228 g/mol. The van der Waals surface area contributed by atoms with E-state index in [-0.39, 0.29) is 0 Å². The molecule has 0 radical (unpaired) electrons. The lowest BCUT2D eigenvalue weighted by Crippen LogP contribution is -2.20. The van der Waals surface area contributed by atoms with Gasteiger partial charge in [0, 0.05) is 25.8 Å². The molecule has 0 amide bonds. The van der Waals surface area contributed by atoms with E-state index in [1.54, 1.807) is 7.11 Å². The van der Waals surface area contributed by atoms with Crippen molar-refractivity contribution in [1.82, 2.24) is 10.5 Å². The number of hydrogen-bond donors (Lipinski definition) is 1. The highest BCUT2D eigenvalue weighted by molar-refractivity contribution is 5.20. The van der Waals surface area contributed by atoms with E-state index in [1.165, 1.54) is 0 Å². The van der Waals surface area contributed by atoms with Crippen molar-refractivity contribution in [3.63, 3.8) is 0 Å². The number of aromatic nitrogens is 1. The van der Waals surface area contributed by atoms with Crippen LogP contribution in [0.2, 0.25) is 0 Å². The Balaban J connectivity index is 2.07. The zero-order valence-electron chi connectivity index (χ0n) is 10.2. The third-order valence-electron chi connectivity index (χ3n) is 2.34. The molecule has 1 aromatic rings. The topological polar surface area (TPSA) is 56.5 Å². The van der Waals surface area contributed by atoms with Gasteiger partial charge in [-0.2, -0.15) is 0 Å². The second kappa shape index (κ2) is 7.38. The summed E-state index contributed by atoms with van der Waals surface area (Å²) in [6, 6.07) is 0. The molecule has 0 aliphatic rings. The van der Waals surface area contributed by atoms with Crippen molar-refractivity contribution in [2.45, 2.75) is 20.4 Å². The van der Waals surface area contributed by atoms with Crippen LogP contribution in [0.5, 0.6) is 0 Å². The molecule has 5 nitrogen and oxygen atoms in total. The van der Waals surface area contributed by atoms with Gasteiger partial charge in [0.05, 0.1) is 25.5 Å². The highest BCUT2D eigenvalue weighted by Gasteiger charge is 2.07. The van der Waals surface area contributed by atoms with Gasteiger partial charge < -0.3 is 19.3 Å². The van der Waals surface area contributed by atoms with E-state index in [4.69, 9.17) is 14.0 Å². The Morgan fingerprint density at radius 1 is 1.25 bits per heavy atom. The van der Waals surface area contributed by atoms with Crippen LogP contribution in [0.1, 0.15) is 17.0 Å². The van der Waals surface area contributed by atoms with Crippen molar-refractivity contribution < 1.29 is 14.0 Å². The lowest BCUT2D eigenvalue weighted by Gasteiger charge is -2.05. The molecule has 0 aliphatic heterocycles. The molecule has 0 atom stereocenters. The van der Waals surface area contributed by atoms with Gasteiger partial charge in [-0.1, -0.05) is 5.16 Å². The molecule has 1 aromatic heterocycles. The summed E-state index contributed by atoms with van der Waals surface area (Å²) in [6.07, 6.45) is 0. The number of ether oxygens (including phenoxy) is 2. The lowest BCUT2D eigenvalue weighted by atomic mass is 10.2. The second-order valence-electron chi connectivity index (χ2n) is 3.58. The fraction of sp³-hybridized carbons (Fsp3) is 0.727. The average molecular weight is 228 g/mol. The number of methoxy groups -OCH3 is 1. The highest BCUT2D eigenvalue weighted by Crippen LogP contribution is 2.10. The summed E-state index contributed by atoms with van der Waals surface area (Å²) in [7, 11) is 1.67. The third kappa shape index (κ3) is 4.30. The van der Waals surface area contributed by atoms with Gasteiger partial charge in [0.1, 0.15) is 5.76 Å². The molecule has 0 aliphatic carbocycles. The van der Waals surface area contributed by atoms with Crippen molar-refractivity contribution in [2.24, 2.45) is 0 Å². The van der Waals surface area contributed by atoms with E-state index in [0.717, 1.165) is 30.1 Å². The van der Waals surface area contributed by atoms with Crippen LogP contribution >= 0.6 is 0 Å². The van der Waals surface area contributed by atoms with Crippen molar-refractivity contribution in [2.75, 3.05) is 33.5 Å². The maximum Gasteiger partial charge on any atom is 0.138 e. The molecule has 5 heteroatoms. The molecule has 1 heterocycles. The van der Waals surface area contributed by atoms with Crippen molar-refractivity contribution >= 4 is 0 Å². The van der Waals surface area contributed by atoms with Gasteiger partial charge in [-0.15, -0.1) is 0 Å². The summed E-state index contributed by atoms with van der Waals surface area (Å²) in [4.78, 5) is 0. The quantitative estimate of drug-likeness (QED) is 0.674. The van der Waals surface area contributed by atoms with Crippen LogP contribution < -0.4 is 5.32 Å². The van der Waals surface area contributed by atoms with Gasteiger partial charge in [-0.05, 0) is 13.8 Å². The average Bonchev–Trinajstić information content (AvgIpc) is 2.59. The molecule has 1 rings (SSSR count). The Morgan fingerprint density at radius 2 is 2.06 bits per heavy atom. The smallest absolute Gasteiger partial charge is 0.138 e. The minimum absolute atomic E-state index is 0.642. The van der Waals surface area contributed by atoms with Crippen LogP contribution in [-0.4, -0.2) is 38.6 Å². The standard InChI is InChI=1S/C11H20N2O3/c1-9-11(10(2)16-13-9)8-12-4-5-15-7-6-14-3/h12H,4-8H2,1-3H3. The predicted molar refractivity (Wildman–Crippen MR) is 60.4 cm³/mol. The van der Waals surface area contributed by atoms with E-state index in [1.807, 2.05) is 13.8 Å². The maximum absolute atomic E-state index is 5.33. The Labute approximate surface area is 96.1 Å². The number of aryl methyl sites for hydroxylation is 2. The lowest BCUT2D eigenvalue weighted by molar-refractivity contribution is 0.0719. The molecule has 16 heavy (non-hydrogen) atoms. The summed E-state index contributed by atoms with van der Waals surface area (Å²) in [6.45, 7) is 7.43. The fourth-order valence-corrected chi connectivity index (χ4v) is 1.36.